The van der Waals surface area contributed by atoms with Crippen LogP contribution < -0.4 is 0 Å². The third-order valence-corrected chi connectivity index (χ3v) is 3.06. The Kier molecular flexibility index (Phi) is 7.44. The zero-order chi connectivity index (χ0) is 12.3. The van der Waals surface area contributed by atoms with Crippen molar-refractivity contribution in [3.63, 3.8) is 0 Å². The molecule has 0 radical (unpaired) electrons. The van der Waals surface area contributed by atoms with Crippen LogP contribution in [0.15, 0.2) is 24.3 Å². The van der Waals surface area contributed by atoms with Gasteiger partial charge in [-0.1, -0.05) is 37.6 Å². The SMILES string of the molecule is CC1CCC/C=C/CC/C=C\CC(=O)OCC1. The highest BCUT2D eigenvalue weighted by Gasteiger charge is 2.04. The molecule has 1 unspecified atom stereocenters. The van der Waals surface area contributed by atoms with Crippen LogP contribution in [0.4, 0.5) is 0 Å². The second kappa shape index (κ2) is 9.03. The highest BCUT2D eigenvalue weighted by atomic mass is 16.5. The van der Waals surface area contributed by atoms with E-state index in [0.717, 1.165) is 19.3 Å². The molecule has 0 N–H and O–H groups in total. The zero-order valence-electron chi connectivity index (χ0n) is 10.9. The molecule has 0 bridgehead atoms. The van der Waals surface area contributed by atoms with Crippen molar-refractivity contribution in [3.8, 4) is 0 Å². The first-order valence-electron chi connectivity index (χ1n) is 6.74. The molecule has 0 aliphatic carbocycles. The molecule has 0 saturated carbocycles. The van der Waals surface area contributed by atoms with Gasteiger partial charge in [0.2, 0.25) is 0 Å². The fourth-order valence-electron chi connectivity index (χ4n) is 1.89. The van der Waals surface area contributed by atoms with Gasteiger partial charge in [-0.2, -0.15) is 0 Å². The van der Waals surface area contributed by atoms with Gasteiger partial charge in [0.25, 0.3) is 0 Å². The number of carbonyl (C=O) groups excluding carboxylic acids is 1. The lowest BCUT2D eigenvalue weighted by Gasteiger charge is -2.10. The Morgan fingerprint density at radius 2 is 1.76 bits per heavy atom. The van der Waals surface area contributed by atoms with E-state index in [1.165, 1.54) is 19.3 Å². The summed E-state index contributed by atoms with van der Waals surface area (Å²) in [6.45, 7) is 2.80. The Hall–Kier alpha value is -1.05. The van der Waals surface area contributed by atoms with E-state index in [2.05, 4.69) is 25.2 Å². The van der Waals surface area contributed by atoms with Gasteiger partial charge in [0.1, 0.15) is 0 Å². The molecule has 0 aromatic carbocycles. The Bertz CT molecular complexity index is 266. The number of esters is 1. The first kappa shape index (κ1) is 14.0. The standard InChI is InChI=1S/C15H24O2/c1-14-10-8-6-4-2-3-5-7-9-11-15(16)17-13-12-14/h2,4,7,9,14H,3,5-6,8,10-13H2,1H3/b4-2+,9-7-. The van der Waals surface area contributed by atoms with Crippen LogP contribution in [-0.2, 0) is 9.53 Å². The lowest BCUT2D eigenvalue weighted by Crippen LogP contribution is -2.07. The van der Waals surface area contributed by atoms with E-state index in [0.29, 0.717) is 18.9 Å². The largest absolute Gasteiger partial charge is 0.465 e. The first-order chi connectivity index (χ1) is 8.29. The number of rotatable bonds is 0. The van der Waals surface area contributed by atoms with Crippen molar-refractivity contribution < 1.29 is 9.53 Å². The van der Waals surface area contributed by atoms with E-state index in [9.17, 15) is 4.79 Å². The molecule has 1 atom stereocenters. The van der Waals surface area contributed by atoms with E-state index in [-0.39, 0.29) is 5.97 Å². The fraction of sp³-hybridized carbons (Fsp3) is 0.667. The van der Waals surface area contributed by atoms with Gasteiger partial charge < -0.3 is 4.74 Å². The van der Waals surface area contributed by atoms with Crippen LogP contribution in [0.5, 0.6) is 0 Å². The Morgan fingerprint density at radius 3 is 2.59 bits per heavy atom. The minimum Gasteiger partial charge on any atom is -0.465 e. The van der Waals surface area contributed by atoms with Gasteiger partial charge >= 0.3 is 5.97 Å². The van der Waals surface area contributed by atoms with E-state index < -0.39 is 0 Å². The molecular weight excluding hydrogens is 212 g/mol. The van der Waals surface area contributed by atoms with Crippen molar-refractivity contribution in [2.24, 2.45) is 5.92 Å². The second-order valence-electron chi connectivity index (χ2n) is 4.77. The van der Waals surface area contributed by atoms with E-state index in [1.807, 2.05) is 6.08 Å². The summed E-state index contributed by atoms with van der Waals surface area (Å²) >= 11 is 0. The summed E-state index contributed by atoms with van der Waals surface area (Å²) in [4.78, 5) is 11.3. The van der Waals surface area contributed by atoms with Crippen molar-refractivity contribution in [2.75, 3.05) is 6.61 Å². The van der Waals surface area contributed by atoms with Crippen LogP contribution in [0.3, 0.4) is 0 Å². The van der Waals surface area contributed by atoms with Gasteiger partial charge in [-0.05, 0) is 38.0 Å². The molecular formula is C15H24O2. The molecule has 0 saturated heterocycles. The van der Waals surface area contributed by atoms with Gasteiger partial charge in [-0.15, -0.1) is 0 Å². The number of allylic oxidation sites excluding steroid dienone is 3. The van der Waals surface area contributed by atoms with Crippen molar-refractivity contribution in [1.29, 1.82) is 0 Å². The lowest BCUT2D eigenvalue weighted by molar-refractivity contribution is -0.142. The number of hydrogen-bond donors (Lipinski definition) is 0. The van der Waals surface area contributed by atoms with Gasteiger partial charge in [-0.3, -0.25) is 4.79 Å². The number of carbonyl (C=O) groups is 1. The summed E-state index contributed by atoms with van der Waals surface area (Å²) in [6.07, 6.45) is 15.6. The van der Waals surface area contributed by atoms with Gasteiger partial charge in [-0.25, -0.2) is 0 Å². The summed E-state index contributed by atoms with van der Waals surface area (Å²) < 4.78 is 5.18. The molecule has 1 heterocycles. The monoisotopic (exact) mass is 236 g/mol. The molecule has 96 valence electrons. The maximum atomic E-state index is 11.3. The van der Waals surface area contributed by atoms with Crippen LogP contribution in [0.2, 0.25) is 0 Å². The number of hydrogen-bond acceptors (Lipinski definition) is 2. The van der Waals surface area contributed by atoms with E-state index >= 15 is 0 Å². The molecule has 1 rings (SSSR count). The van der Waals surface area contributed by atoms with Gasteiger partial charge in [0.15, 0.2) is 0 Å². The summed E-state index contributed by atoms with van der Waals surface area (Å²) in [6, 6.07) is 0. The molecule has 2 nitrogen and oxygen atoms in total. The van der Waals surface area contributed by atoms with Gasteiger partial charge in [0, 0.05) is 0 Å². The number of cyclic esters (lactones) is 1. The van der Waals surface area contributed by atoms with Crippen LogP contribution in [0.25, 0.3) is 0 Å². The minimum atomic E-state index is -0.0983. The topological polar surface area (TPSA) is 26.3 Å². The molecule has 0 aromatic rings. The molecule has 0 aromatic heterocycles. The Labute approximate surface area is 105 Å². The van der Waals surface area contributed by atoms with Crippen molar-refractivity contribution in [2.45, 2.75) is 51.9 Å². The lowest BCUT2D eigenvalue weighted by atomic mass is 10.0. The fourth-order valence-corrected chi connectivity index (χ4v) is 1.89. The Morgan fingerprint density at radius 1 is 1.06 bits per heavy atom. The average Bonchev–Trinajstić information content (AvgIpc) is 2.31. The molecule has 0 amide bonds. The summed E-state index contributed by atoms with van der Waals surface area (Å²) in [5.41, 5.74) is 0. The highest BCUT2D eigenvalue weighted by molar-refractivity contribution is 5.71. The smallest absolute Gasteiger partial charge is 0.309 e. The highest BCUT2D eigenvalue weighted by Crippen LogP contribution is 2.13. The minimum absolute atomic E-state index is 0.0983. The Balaban J connectivity index is 2.36. The second-order valence-corrected chi connectivity index (χ2v) is 4.77. The predicted molar refractivity (Wildman–Crippen MR) is 70.7 cm³/mol. The maximum absolute atomic E-state index is 11.3. The van der Waals surface area contributed by atoms with Gasteiger partial charge in [0.05, 0.1) is 13.0 Å². The van der Waals surface area contributed by atoms with Crippen LogP contribution >= 0.6 is 0 Å². The van der Waals surface area contributed by atoms with Crippen LogP contribution in [0.1, 0.15) is 51.9 Å². The normalized spacial score (nSPS) is 28.5. The molecule has 1 aliphatic heterocycles. The molecule has 2 heteroatoms. The van der Waals surface area contributed by atoms with Crippen LogP contribution in [-0.4, -0.2) is 12.6 Å². The molecule has 0 spiro atoms. The van der Waals surface area contributed by atoms with Crippen molar-refractivity contribution in [1.82, 2.24) is 0 Å². The van der Waals surface area contributed by atoms with E-state index in [1.54, 1.807) is 0 Å². The summed E-state index contributed by atoms with van der Waals surface area (Å²) in [5.74, 6) is 0.552. The maximum Gasteiger partial charge on any atom is 0.309 e. The van der Waals surface area contributed by atoms with Crippen molar-refractivity contribution >= 4 is 5.97 Å². The number of ether oxygens (including phenoxy) is 1. The third kappa shape index (κ3) is 7.78. The summed E-state index contributed by atoms with van der Waals surface area (Å²) in [5, 5.41) is 0. The first-order valence-corrected chi connectivity index (χ1v) is 6.74. The quantitative estimate of drug-likeness (QED) is 0.469. The van der Waals surface area contributed by atoms with Crippen molar-refractivity contribution in [3.05, 3.63) is 24.3 Å². The summed E-state index contributed by atoms with van der Waals surface area (Å²) in [7, 11) is 0. The average molecular weight is 236 g/mol. The van der Waals surface area contributed by atoms with Crippen LogP contribution in [0, 0.1) is 5.92 Å². The molecule has 1 aliphatic rings. The predicted octanol–water partition coefficient (Wildman–Crippen LogP) is 4.02. The molecule has 17 heavy (non-hydrogen) atoms. The van der Waals surface area contributed by atoms with E-state index in [4.69, 9.17) is 4.74 Å². The third-order valence-electron chi connectivity index (χ3n) is 3.06. The molecule has 0 fully saturated rings. The zero-order valence-corrected chi connectivity index (χ0v) is 10.9.